The molecule has 0 aromatic carbocycles. The molecule has 1 aliphatic rings. The third-order valence-corrected chi connectivity index (χ3v) is 4.88. The van der Waals surface area contributed by atoms with Gasteiger partial charge < -0.3 is 10.2 Å². The quantitative estimate of drug-likeness (QED) is 0.321. The van der Waals surface area contributed by atoms with Crippen LogP contribution in [0.5, 0.6) is 0 Å². The van der Waals surface area contributed by atoms with Gasteiger partial charge in [-0.2, -0.15) is 0 Å². The highest BCUT2D eigenvalue weighted by molar-refractivity contribution is 9.09. The maximum absolute atomic E-state index is 10.8. The number of carboxylic acids is 2. The van der Waals surface area contributed by atoms with Gasteiger partial charge >= 0.3 is 11.9 Å². The first-order chi connectivity index (χ1) is 11.9. The van der Waals surface area contributed by atoms with Crippen LogP contribution < -0.4 is 0 Å². The lowest BCUT2D eigenvalue weighted by Gasteiger charge is -2.23. The first kappa shape index (κ1) is 23.9. The van der Waals surface area contributed by atoms with Gasteiger partial charge in [0.1, 0.15) is 0 Å². The van der Waals surface area contributed by atoms with E-state index in [0.717, 1.165) is 0 Å². The third-order valence-electron chi connectivity index (χ3n) is 4.32. The Balaban J connectivity index is 0.000000463. The van der Waals surface area contributed by atoms with Crippen LogP contribution >= 0.6 is 15.9 Å². The van der Waals surface area contributed by atoms with E-state index in [1.165, 1.54) is 88.3 Å². The molecule has 0 bridgehead atoms. The molecule has 0 fully saturated rings. The van der Waals surface area contributed by atoms with Crippen molar-refractivity contribution in [1.82, 2.24) is 0 Å². The highest BCUT2D eigenvalue weighted by Gasteiger charge is 2.34. The van der Waals surface area contributed by atoms with Gasteiger partial charge in [0.15, 0.2) is 0 Å². The average molecular weight is 417 g/mol. The summed E-state index contributed by atoms with van der Waals surface area (Å²) in [5.41, 5.74) is -0.949. The van der Waals surface area contributed by atoms with Crippen LogP contribution in [0.25, 0.3) is 0 Å². The Morgan fingerprint density at radius 1 is 1.04 bits per heavy atom. The Morgan fingerprint density at radius 3 is 2.00 bits per heavy atom. The number of allylic oxidation sites excluding steroid dienone is 2. The summed E-state index contributed by atoms with van der Waals surface area (Å²) in [7, 11) is 0. The Bertz CT molecular complexity index is 447. The van der Waals surface area contributed by atoms with Gasteiger partial charge in [-0.25, -0.2) is 4.79 Å². The topological polar surface area (TPSA) is 74.6 Å². The first-order valence-corrected chi connectivity index (χ1v) is 10.4. The van der Waals surface area contributed by atoms with Gasteiger partial charge in [0.05, 0.1) is 5.41 Å². The van der Waals surface area contributed by atoms with Crippen LogP contribution in [0.2, 0.25) is 0 Å². The average Bonchev–Trinajstić information content (AvgIpc) is 2.58. The maximum atomic E-state index is 10.8. The Morgan fingerprint density at radius 2 is 1.56 bits per heavy atom. The summed E-state index contributed by atoms with van der Waals surface area (Å²) in [4.78, 5) is 21.3. The molecule has 0 aromatic rings. The van der Waals surface area contributed by atoms with E-state index in [-0.39, 0.29) is 12.0 Å². The molecular weight excluding hydrogens is 384 g/mol. The largest absolute Gasteiger partial charge is 0.481 e. The van der Waals surface area contributed by atoms with Crippen molar-refractivity contribution in [3.8, 4) is 0 Å². The summed E-state index contributed by atoms with van der Waals surface area (Å²) < 4.78 is 0. The summed E-state index contributed by atoms with van der Waals surface area (Å²) in [6, 6.07) is 0. The molecule has 1 rings (SSSR count). The first-order valence-electron chi connectivity index (χ1n) is 9.28. The number of hydrogen-bond acceptors (Lipinski definition) is 2. The Labute approximate surface area is 160 Å². The summed E-state index contributed by atoms with van der Waals surface area (Å²) >= 11 is 3.45. The van der Waals surface area contributed by atoms with Gasteiger partial charge in [-0.15, -0.1) is 0 Å². The van der Waals surface area contributed by atoms with Crippen LogP contribution in [0.1, 0.15) is 78.1 Å². The van der Waals surface area contributed by atoms with Crippen LogP contribution in [0.15, 0.2) is 23.8 Å². The zero-order valence-electron chi connectivity index (χ0n) is 15.6. The fourth-order valence-electron chi connectivity index (χ4n) is 2.59. The number of alkyl halides is 1. The van der Waals surface area contributed by atoms with E-state index in [9.17, 15) is 9.59 Å². The molecule has 5 heteroatoms. The molecule has 0 spiro atoms. The molecule has 0 amide bonds. The molecule has 0 heterocycles. The maximum Gasteiger partial charge on any atom is 0.331 e. The van der Waals surface area contributed by atoms with Gasteiger partial charge in [-0.1, -0.05) is 92.4 Å². The van der Waals surface area contributed by atoms with Crippen molar-refractivity contribution in [2.45, 2.75) is 78.1 Å². The predicted octanol–water partition coefficient (Wildman–Crippen LogP) is 5.96. The van der Waals surface area contributed by atoms with Crippen LogP contribution in [0, 0.1) is 5.41 Å². The van der Waals surface area contributed by atoms with Crippen molar-refractivity contribution < 1.29 is 19.8 Å². The van der Waals surface area contributed by atoms with Gasteiger partial charge in [-0.3, -0.25) is 4.79 Å². The van der Waals surface area contributed by atoms with Crippen molar-refractivity contribution >= 4 is 27.9 Å². The van der Waals surface area contributed by atoms with Crippen LogP contribution in [-0.2, 0) is 9.59 Å². The van der Waals surface area contributed by atoms with Crippen molar-refractivity contribution in [2.75, 3.05) is 5.33 Å². The fourth-order valence-corrected chi connectivity index (χ4v) is 2.99. The van der Waals surface area contributed by atoms with Crippen LogP contribution in [0.4, 0.5) is 0 Å². The Kier molecular flexibility index (Phi) is 13.5. The second kappa shape index (κ2) is 14.1. The van der Waals surface area contributed by atoms with Crippen LogP contribution in [-0.4, -0.2) is 27.5 Å². The minimum Gasteiger partial charge on any atom is -0.481 e. The smallest absolute Gasteiger partial charge is 0.331 e. The molecule has 0 aliphatic heterocycles. The molecule has 0 saturated carbocycles. The molecule has 0 unspecified atom stereocenters. The highest BCUT2D eigenvalue weighted by Crippen LogP contribution is 2.31. The molecule has 2 N–H and O–H groups in total. The van der Waals surface area contributed by atoms with E-state index in [1.54, 1.807) is 0 Å². The minimum absolute atomic E-state index is 0.0359. The monoisotopic (exact) mass is 416 g/mol. The number of unbranched alkanes of at least 4 members (excludes halogenated alkanes) is 8. The number of rotatable bonds is 11. The molecule has 0 radical (unpaired) electrons. The van der Waals surface area contributed by atoms with Crippen molar-refractivity contribution in [1.29, 1.82) is 0 Å². The molecule has 25 heavy (non-hydrogen) atoms. The number of carbonyl (C=O) groups is 2. The summed E-state index contributed by atoms with van der Waals surface area (Å²) in [5.74, 6) is -2.06. The van der Waals surface area contributed by atoms with Crippen molar-refractivity contribution in [2.24, 2.45) is 5.41 Å². The molecule has 1 atom stereocenters. The standard InChI is InChI=1S/C11H23Br.C9H10O4/c1-2-3-4-5-6-7-8-9-10-11-12;1-9(8(12)13)4-2-3-6(5-9)7(10)11/h2-11H2,1H3;2-4H,5H2,1H3,(H,10,11)(H,12,13)/t;9-/m.1/s1. The lowest BCUT2D eigenvalue weighted by Crippen LogP contribution is -2.28. The van der Waals surface area contributed by atoms with Gasteiger partial charge in [0.25, 0.3) is 0 Å². The highest BCUT2D eigenvalue weighted by atomic mass is 79.9. The van der Waals surface area contributed by atoms with Gasteiger partial charge in [0.2, 0.25) is 0 Å². The van der Waals surface area contributed by atoms with E-state index in [4.69, 9.17) is 10.2 Å². The summed E-state index contributed by atoms with van der Waals surface area (Å²) in [6.45, 7) is 3.78. The second-order valence-corrected chi connectivity index (χ2v) is 7.57. The van der Waals surface area contributed by atoms with E-state index in [0.29, 0.717) is 0 Å². The van der Waals surface area contributed by atoms with Crippen molar-refractivity contribution in [3.63, 3.8) is 0 Å². The van der Waals surface area contributed by atoms with Crippen LogP contribution in [0.3, 0.4) is 0 Å². The molecule has 0 saturated heterocycles. The minimum atomic E-state index is -1.08. The molecule has 4 nitrogen and oxygen atoms in total. The number of hydrogen-bond donors (Lipinski definition) is 2. The van der Waals surface area contributed by atoms with E-state index < -0.39 is 17.4 Å². The normalized spacial score (nSPS) is 18.9. The molecular formula is C20H33BrO4. The molecule has 1 aliphatic carbocycles. The van der Waals surface area contributed by atoms with E-state index >= 15 is 0 Å². The number of aliphatic carboxylic acids is 2. The molecule has 144 valence electrons. The third kappa shape index (κ3) is 11.2. The predicted molar refractivity (Wildman–Crippen MR) is 106 cm³/mol. The van der Waals surface area contributed by atoms with E-state index in [2.05, 4.69) is 22.9 Å². The lowest BCUT2D eigenvalue weighted by molar-refractivity contribution is -0.145. The fraction of sp³-hybridized carbons (Fsp3) is 0.700. The molecule has 0 aromatic heterocycles. The second-order valence-electron chi connectivity index (χ2n) is 6.77. The zero-order chi connectivity index (χ0) is 19.1. The lowest BCUT2D eigenvalue weighted by atomic mass is 9.80. The summed E-state index contributed by atoms with van der Waals surface area (Å²) in [6.07, 6.45) is 17.3. The zero-order valence-corrected chi connectivity index (χ0v) is 17.2. The SMILES string of the molecule is CCCCCCCCCCCBr.C[C@@]1(C(=O)O)C=CC=C(C(=O)O)C1. The number of halogens is 1. The Hall–Kier alpha value is -1.10. The van der Waals surface area contributed by atoms with Gasteiger partial charge in [-0.05, 0) is 19.8 Å². The van der Waals surface area contributed by atoms with E-state index in [1.807, 2.05) is 0 Å². The van der Waals surface area contributed by atoms with Crippen molar-refractivity contribution in [3.05, 3.63) is 23.8 Å². The van der Waals surface area contributed by atoms with Gasteiger partial charge in [0, 0.05) is 10.9 Å². The number of carboxylic acid groups (broad SMARTS) is 2. The summed E-state index contributed by atoms with van der Waals surface area (Å²) in [5, 5.41) is 18.7.